The lowest BCUT2D eigenvalue weighted by atomic mass is 10.1. The number of ether oxygens (including phenoxy) is 1. The number of anilines is 1. The Morgan fingerprint density at radius 1 is 1.39 bits per heavy atom. The number of aromatic amines is 1. The summed E-state index contributed by atoms with van der Waals surface area (Å²) in [5, 5.41) is 4.37. The second-order valence-corrected chi connectivity index (χ2v) is 9.07. The zero-order valence-corrected chi connectivity index (χ0v) is 18.5. The van der Waals surface area contributed by atoms with Crippen molar-refractivity contribution in [2.75, 3.05) is 18.4 Å². The fourth-order valence-corrected chi connectivity index (χ4v) is 3.90. The van der Waals surface area contributed by atoms with Crippen LogP contribution < -0.4 is 5.32 Å². The highest BCUT2D eigenvalue weighted by Gasteiger charge is 2.28. The number of nitrogens with zero attached hydrogens (tertiary/aromatic N) is 3. The summed E-state index contributed by atoms with van der Waals surface area (Å²) in [5.74, 6) is 0.0675. The molecule has 4 rings (SSSR count). The van der Waals surface area contributed by atoms with Gasteiger partial charge in [-0.3, -0.25) is 0 Å². The summed E-state index contributed by atoms with van der Waals surface area (Å²) in [7, 11) is 0. The Kier molecular flexibility index (Phi) is 5.75. The topological polar surface area (TPSA) is 83.1 Å². The lowest BCUT2D eigenvalue weighted by Gasteiger charge is -2.34. The SMILES string of the molecule is CC(C)(C)OC(=O)N1CCC[C@H](Nc2ncc(Cl)c(-c3c[nH]c4c(F)cccc34)n2)C1. The molecule has 0 saturated carbocycles. The Morgan fingerprint density at radius 3 is 2.97 bits per heavy atom. The minimum atomic E-state index is -0.537. The highest BCUT2D eigenvalue weighted by molar-refractivity contribution is 6.33. The lowest BCUT2D eigenvalue weighted by Crippen LogP contribution is -2.47. The predicted octanol–water partition coefficient (Wildman–Crippen LogP) is 5.23. The molecule has 0 bridgehead atoms. The maximum absolute atomic E-state index is 14.1. The number of nitrogens with one attached hydrogen (secondary N) is 2. The minimum absolute atomic E-state index is 0.0179. The normalized spacial score (nSPS) is 17.1. The summed E-state index contributed by atoms with van der Waals surface area (Å²) in [4.78, 5) is 25.9. The van der Waals surface area contributed by atoms with Gasteiger partial charge in [0.2, 0.25) is 5.95 Å². The van der Waals surface area contributed by atoms with Crippen LogP contribution >= 0.6 is 11.6 Å². The smallest absolute Gasteiger partial charge is 0.410 e. The first-order valence-electron chi connectivity index (χ1n) is 10.2. The van der Waals surface area contributed by atoms with Crippen LogP contribution in [0.5, 0.6) is 0 Å². The van der Waals surface area contributed by atoms with Crippen LogP contribution in [0.15, 0.2) is 30.6 Å². The number of amides is 1. The third-order valence-electron chi connectivity index (χ3n) is 5.07. The molecule has 1 aliphatic heterocycles. The van der Waals surface area contributed by atoms with Crippen molar-refractivity contribution in [1.29, 1.82) is 0 Å². The molecular formula is C22H25ClFN5O2. The molecule has 0 radical (unpaired) electrons. The molecule has 3 aromatic rings. The Bertz CT molecular complexity index is 1110. The molecule has 1 aromatic carbocycles. The van der Waals surface area contributed by atoms with E-state index >= 15 is 0 Å². The van der Waals surface area contributed by atoms with E-state index in [0.717, 1.165) is 12.8 Å². The van der Waals surface area contributed by atoms with Gasteiger partial charge in [0.25, 0.3) is 0 Å². The van der Waals surface area contributed by atoms with Gasteiger partial charge in [0.15, 0.2) is 0 Å². The number of aromatic nitrogens is 3. The number of benzene rings is 1. The lowest BCUT2D eigenvalue weighted by molar-refractivity contribution is 0.0206. The van der Waals surface area contributed by atoms with Gasteiger partial charge in [0.1, 0.15) is 11.4 Å². The quantitative estimate of drug-likeness (QED) is 0.576. The third-order valence-corrected chi connectivity index (χ3v) is 5.35. The van der Waals surface area contributed by atoms with Crippen molar-refractivity contribution in [1.82, 2.24) is 19.9 Å². The maximum Gasteiger partial charge on any atom is 0.410 e. The first kappa shape index (κ1) is 21.4. The molecule has 0 spiro atoms. The summed E-state index contributed by atoms with van der Waals surface area (Å²) in [5.41, 5.74) is 1.08. The molecule has 1 atom stereocenters. The van der Waals surface area contributed by atoms with E-state index in [4.69, 9.17) is 16.3 Å². The standard InChI is InChI=1S/C22H25ClFN5O2/c1-22(2,3)31-21(30)29-9-5-6-13(12-29)27-20-26-11-16(23)18(28-20)15-10-25-19-14(15)7-4-8-17(19)24/h4,7-8,10-11,13,25H,5-6,9,12H2,1-3H3,(H,26,27,28)/t13-/m0/s1. The summed E-state index contributed by atoms with van der Waals surface area (Å²) in [6, 6.07) is 4.85. The van der Waals surface area contributed by atoms with Crippen LogP contribution in [-0.4, -0.2) is 50.7 Å². The van der Waals surface area contributed by atoms with Gasteiger partial charge in [-0.05, 0) is 39.7 Å². The van der Waals surface area contributed by atoms with E-state index < -0.39 is 5.60 Å². The molecular weight excluding hydrogens is 421 g/mol. The van der Waals surface area contributed by atoms with E-state index in [2.05, 4.69) is 20.3 Å². The number of halogens is 2. The minimum Gasteiger partial charge on any atom is -0.444 e. The molecule has 1 aliphatic rings. The molecule has 1 fully saturated rings. The average molecular weight is 446 g/mol. The van der Waals surface area contributed by atoms with Gasteiger partial charge < -0.3 is 19.9 Å². The largest absolute Gasteiger partial charge is 0.444 e. The summed E-state index contributed by atoms with van der Waals surface area (Å²) in [6.07, 6.45) is 4.62. The van der Waals surface area contributed by atoms with Crippen molar-refractivity contribution in [3.8, 4) is 11.3 Å². The number of rotatable bonds is 3. The Labute approximate surface area is 185 Å². The van der Waals surface area contributed by atoms with Crippen LogP contribution in [0.3, 0.4) is 0 Å². The van der Waals surface area contributed by atoms with E-state index in [9.17, 15) is 9.18 Å². The van der Waals surface area contributed by atoms with Crippen LogP contribution in [0.2, 0.25) is 5.02 Å². The molecule has 1 saturated heterocycles. The molecule has 31 heavy (non-hydrogen) atoms. The molecule has 7 nitrogen and oxygen atoms in total. The van der Waals surface area contributed by atoms with Crippen molar-refractivity contribution in [2.24, 2.45) is 0 Å². The van der Waals surface area contributed by atoms with Crippen LogP contribution in [0.25, 0.3) is 22.2 Å². The van der Waals surface area contributed by atoms with Gasteiger partial charge >= 0.3 is 6.09 Å². The molecule has 2 N–H and O–H groups in total. The van der Waals surface area contributed by atoms with E-state index in [1.165, 1.54) is 12.3 Å². The number of piperidine rings is 1. The number of hydrogen-bond donors (Lipinski definition) is 2. The summed E-state index contributed by atoms with van der Waals surface area (Å²) in [6.45, 7) is 6.70. The highest BCUT2D eigenvalue weighted by Crippen LogP contribution is 2.33. The third kappa shape index (κ3) is 4.74. The first-order valence-corrected chi connectivity index (χ1v) is 10.6. The van der Waals surface area contributed by atoms with Gasteiger partial charge in [-0.25, -0.2) is 19.2 Å². The highest BCUT2D eigenvalue weighted by atomic mass is 35.5. The molecule has 0 unspecified atom stereocenters. The molecule has 0 aliphatic carbocycles. The van der Waals surface area contributed by atoms with Crippen molar-refractivity contribution in [3.05, 3.63) is 41.4 Å². The number of H-pyrrole nitrogens is 1. The van der Waals surface area contributed by atoms with E-state index in [-0.39, 0.29) is 18.0 Å². The molecule has 1 amide bonds. The maximum atomic E-state index is 14.1. The fourth-order valence-electron chi connectivity index (χ4n) is 3.71. The second kappa shape index (κ2) is 8.34. The number of fused-ring (bicyclic) bond motifs is 1. The second-order valence-electron chi connectivity index (χ2n) is 8.66. The fraction of sp³-hybridized carbons (Fsp3) is 0.409. The Balaban J connectivity index is 1.53. The van der Waals surface area contributed by atoms with E-state index in [1.807, 2.05) is 26.8 Å². The van der Waals surface area contributed by atoms with Gasteiger partial charge in [-0.15, -0.1) is 0 Å². The van der Waals surface area contributed by atoms with Crippen molar-refractivity contribution >= 4 is 34.5 Å². The molecule has 9 heteroatoms. The summed E-state index contributed by atoms with van der Waals surface area (Å²) < 4.78 is 19.5. The van der Waals surface area contributed by atoms with Crippen LogP contribution in [-0.2, 0) is 4.74 Å². The number of likely N-dealkylation sites (tertiary alicyclic amines) is 1. The molecule has 2 aromatic heterocycles. The Morgan fingerprint density at radius 2 is 2.19 bits per heavy atom. The molecule has 3 heterocycles. The zero-order chi connectivity index (χ0) is 22.2. The molecule has 164 valence electrons. The van der Waals surface area contributed by atoms with Crippen LogP contribution in [0.4, 0.5) is 15.1 Å². The monoisotopic (exact) mass is 445 g/mol. The zero-order valence-electron chi connectivity index (χ0n) is 17.7. The van der Waals surface area contributed by atoms with Gasteiger partial charge in [0.05, 0.1) is 22.4 Å². The van der Waals surface area contributed by atoms with Gasteiger partial charge in [-0.1, -0.05) is 23.7 Å². The summed E-state index contributed by atoms with van der Waals surface area (Å²) >= 11 is 6.37. The van der Waals surface area contributed by atoms with Gasteiger partial charge in [0, 0.05) is 36.3 Å². The van der Waals surface area contributed by atoms with Crippen LogP contribution in [0.1, 0.15) is 33.6 Å². The van der Waals surface area contributed by atoms with Crippen LogP contribution in [0, 0.1) is 5.82 Å². The number of hydrogen-bond acceptors (Lipinski definition) is 5. The van der Waals surface area contributed by atoms with Gasteiger partial charge in [-0.2, -0.15) is 0 Å². The number of carbonyl (C=O) groups excluding carboxylic acids is 1. The first-order chi connectivity index (χ1) is 14.7. The predicted molar refractivity (Wildman–Crippen MR) is 119 cm³/mol. The van der Waals surface area contributed by atoms with Crippen molar-refractivity contribution < 1.29 is 13.9 Å². The average Bonchev–Trinajstić information content (AvgIpc) is 3.14. The van der Waals surface area contributed by atoms with Crippen molar-refractivity contribution in [3.63, 3.8) is 0 Å². The Hall–Kier alpha value is -2.87. The van der Waals surface area contributed by atoms with Crippen molar-refractivity contribution in [2.45, 2.75) is 45.3 Å². The van der Waals surface area contributed by atoms with E-state index in [1.54, 1.807) is 17.2 Å². The number of carbonyl (C=O) groups is 1. The number of para-hydroxylation sites is 1. The van der Waals surface area contributed by atoms with E-state index in [0.29, 0.717) is 46.2 Å².